The Labute approximate surface area is 120 Å². The molecule has 0 saturated carbocycles. The van der Waals surface area contributed by atoms with Gasteiger partial charge in [-0.1, -0.05) is 25.1 Å². The Kier molecular flexibility index (Phi) is 5.18. The molecule has 0 amide bonds. The van der Waals surface area contributed by atoms with Crippen LogP contribution in [0.2, 0.25) is 0 Å². The lowest BCUT2D eigenvalue weighted by Crippen LogP contribution is -2.17. The molecule has 1 N–H and O–H groups in total. The van der Waals surface area contributed by atoms with Crippen molar-refractivity contribution in [1.82, 2.24) is 14.9 Å². The summed E-state index contributed by atoms with van der Waals surface area (Å²) in [6.45, 7) is 2.81. The maximum absolute atomic E-state index is 5.96. The number of hydrogen-bond donors (Lipinski definition) is 1. The van der Waals surface area contributed by atoms with Gasteiger partial charge in [0.05, 0.1) is 6.61 Å². The number of benzene rings is 1. The molecule has 0 aliphatic heterocycles. The second kappa shape index (κ2) is 7.10. The van der Waals surface area contributed by atoms with E-state index in [1.807, 2.05) is 43.2 Å². The molecule has 1 unspecified atom stereocenters. The van der Waals surface area contributed by atoms with Gasteiger partial charge in [0.2, 0.25) is 0 Å². The lowest BCUT2D eigenvalue weighted by Gasteiger charge is -2.18. The molecule has 0 saturated heterocycles. The molecular formula is C16H23N3O. The first-order chi connectivity index (χ1) is 9.76. The molecule has 0 bridgehead atoms. The van der Waals surface area contributed by atoms with Crippen LogP contribution >= 0.6 is 0 Å². The van der Waals surface area contributed by atoms with Gasteiger partial charge >= 0.3 is 0 Å². The first-order valence-corrected chi connectivity index (χ1v) is 7.11. The highest BCUT2D eigenvalue weighted by Gasteiger charge is 2.12. The zero-order valence-electron chi connectivity index (χ0n) is 12.5. The number of aromatic nitrogens is 2. The Morgan fingerprint density at radius 3 is 2.80 bits per heavy atom. The number of rotatable bonds is 7. The first-order valence-electron chi connectivity index (χ1n) is 7.11. The molecule has 4 nitrogen and oxygen atoms in total. The third kappa shape index (κ3) is 3.39. The molecule has 108 valence electrons. The Hall–Kier alpha value is -1.81. The highest BCUT2D eigenvalue weighted by atomic mass is 16.5. The first kappa shape index (κ1) is 14.6. The molecule has 2 rings (SSSR count). The molecule has 20 heavy (non-hydrogen) atoms. The van der Waals surface area contributed by atoms with E-state index in [1.54, 1.807) is 0 Å². The summed E-state index contributed by atoms with van der Waals surface area (Å²) in [4.78, 5) is 4.31. The van der Waals surface area contributed by atoms with Gasteiger partial charge in [0.1, 0.15) is 11.6 Å². The van der Waals surface area contributed by atoms with E-state index in [1.165, 1.54) is 5.56 Å². The Balaban J connectivity index is 2.00. The summed E-state index contributed by atoms with van der Waals surface area (Å²) in [7, 11) is 3.99. The molecule has 0 aliphatic carbocycles. The summed E-state index contributed by atoms with van der Waals surface area (Å²) in [6, 6.07) is 8.57. The van der Waals surface area contributed by atoms with Crippen molar-refractivity contribution in [3.8, 4) is 5.75 Å². The second-order valence-corrected chi connectivity index (χ2v) is 4.84. The number of hydrogen-bond acceptors (Lipinski definition) is 3. The predicted octanol–water partition coefficient (Wildman–Crippen LogP) is 2.71. The summed E-state index contributed by atoms with van der Waals surface area (Å²) in [5.74, 6) is 2.01. The second-order valence-electron chi connectivity index (χ2n) is 4.84. The number of nitrogens with zero attached hydrogens (tertiary/aromatic N) is 2. The Morgan fingerprint density at radius 2 is 2.15 bits per heavy atom. The Bertz CT molecular complexity index is 532. The molecule has 4 heteroatoms. The van der Waals surface area contributed by atoms with E-state index in [2.05, 4.69) is 29.4 Å². The van der Waals surface area contributed by atoms with Crippen LogP contribution in [0.3, 0.4) is 0 Å². The third-order valence-electron chi connectivity index (χ3n) is 3.56. The van der Waals surface area contributed by atoms with Crippen LogP contribution in [0.1, 0.15) is 30.8 Å². The largest absolute Gasteiger partial charge is 0.493 e. The smallest absolute Gasteiger partial charge is 0.124 e. The highest BCUT2D eigenvalue weighted by molar-refractivity contribution is 5.35. The Morgan fingerprint density at radius 1 is 1.35 bits per heavy atom. The fourth-order valence-corrected chi connectivity index (χ4v) is 2.37. The van der Waals surface area contributed by atoms with Crippen molar-refractivity contribution < 1.29 is 4.74 Å². The summed E-state index contributed by atoms with van der Waals surface area (Å²) in [6.07, 6.45) is 5.62. The van der Waals surface area contributed by atoms with Crippen LogP contribution in [0.15, 0.2) is 36.7 Å². The van der Waals surface area contributed by atoms with Gasteiger partial charge in [-0.25, -0.2) is 4.98 Å². The molecule has 1 aromatic carbocycles. The number of aryl methyl sites for hydroxylation is 1. The fraction of sp³-hybridized carbons (Fsp3) is 0.438. The standard InChI is InChI=1S/C16H23N3O/c1-4-14(17-2)13-7-5-6-8-15(13)20-12-9-16-18-10-11-19(16)3/h5-8,10-11,14,17H,4,9,12H2,1-3H3. The van der Waals surface area contributed by atoms with Crippen LogP contribution in [-0.2, 0) is 13.5 Å². The SMILES string of the molecule is CCC(NC)c1ccccc1OCCc1nccn1C. The zero-order chi connectivity index (χ0) is 14.4. The molecule has 0 fully saturated rings. The van der Waals surface area contributed by atoms with Crippen LogP contribution in [-0.4, -0.2) is 23.2 Å². The molecule has 0 spiro atoms. The van der Waals surface area contributed by atoms with E-state index in [9.17, 15) is 0 Å². The van der Waals surface area contributed by atoms with Crippen LogP contribution in [0.5, 0.6) is 5.75 Å². The van der Waals surface area contributed by atoms with E-state index < -0.39 is 0 Å². The minimum atomic E-state index is 0.333. The maximum Gasteiger partial charge on any atom is 0.124 e. The molecule has 0 radical (unpaired) electrons. The van der Waals surface area contributed by atoms with Crippen molar-refractivity contribution in [3.05, 3.63) is 48.0 Å². The van der Waals surface area contributed by atoms with Crippen molar-refractivity contribution >= 4 is 0 Å². The van der Waals surface area contributed by atoms with Crippen molar-refractivity contribution in [1.29, 1.82) is 0 Å². The zero-order valence-corrected chi connectivity index (χ0v) is 12.5. The summed E-state index contributed by atoms with van der Waals surface area (Å²) >= 11 is 0. The fourth-order valence-electron chi connectivity index (χ4n) is 2.37. The summed E-state index contributed by atoms with van der Waals surface area (Å²) < 4.78 is 7.98. The summed E-state index contributed by atoms with van der Waals surface area (Å²) in [5, 5.41) is 3.33. The van der Waals surface area contributed by atoms with E-state index in [-0.39, 0.29) is 0 Å². The van der Waals surface area contributed by atoms with Gasteiger partial charge < -0.3 is 14.6 Å². The molecule has 1 atom stereocenters. The number of imidazole rings is 1. The van der Waals surface area contributed by atoms with Crippen LogP contribution in [0, 0.1) is 0 Å². The minimum absolute atomic E-state index is 0.333. The van der Waals surface area contributed by atoms with Crippen LogP contribution in [0.4, 0.5) is 0 Å². The normalized spacial score (nSPS) is 12.3. The van der Waals surface area contributed by atoms with E-state index in [0.717, 1.165) is 24.4 Å². The molecular weight excluding hydrogens is 250 g/mol. The van der Waals surface area contributed by atoms with Gasteiger partial charge in [0.25, 0.3) is 0 Å². The van der Waals surface area contributed by atoms with Crippen molar-refractivity contribution in [2.45, 2.75) is 25.8 Å². The monoisotopic (exact) mass is 273 g/mol. The number of para-hydroxylation sites is 1. The quantitative estimate of drug-likeness (QED) is 0.843. The molecule has 1 aromatic heterocycles. The van der Waals surface area contributed by atoms with Gasteiger partial charge in [0, 0.05) is 37.5 Å². The van der Waals surface area contributed by atoms with Crippen molar-refractivity contribution in [3.63, 3.8) is 0 Å². The number of ether oxygens (including phenoxy) is 1. The van der Waals surface area contributed by atoms with Crippen molar-refractivity contribution in [2.24, 2.45) is 7.05 Å². The molecule has 2 aromatic rings. The van der Waals surface area contributed by atoms with Crippen LogP contribution < -0.4 is 10.1 Å². The van der Waals surface area contributed by atoms with Gasteiger partial charge in [-0.3, -0.25) is 0 Å². The average molecular weight is 273 g/mol. The lowest BCUT2D eigenvalue weighted by molar-refractivity contribution is 0.310. The van der Waals surface area contributed by atoms with Gasteiger partial charge in [-0.15, -0.1) is 0 Å². The highest BCUT2D eigenvalue weighted by Crippen LogP contribution is 2.26. The van der Waals surface area contributed by atoms with Crippen LogP contribution in [0.25, 0.3) is 0 Å². The van der Waals surface area contributed by atoms with Gasteiger partial charge in [-0.2, -0.15) is 0 Å². The maximum atomic E-state index is 5.96. The molecule has 1 heterocycles. The van der Waals surface area contributed by atoms with Gasteiger partial charge in [-0.05, 0) is 19.5 Å². The van der Waals surface area contributed by atoms with E-state index in [4.69, 9.17) is 4.74 Å². The topological polar surface area (TPSA) is 39.1 Å². The van der Waals surface area contributed by atoms with E-state index >= 15 is 0 Å². The summed E-state index contributed by atoms with van der Waals surface area (Å²) in [5.41, 5.74) is 1.22. The minimum Gasteiger partial charge on any atom is -0.493 e. The molecule has 0 aliphatic rings. The van der Waals surface area contributed by atoms with E-state index in [0.29, 0.717) is 12.6 Å². The average Bonchev–Trinajstić information content (AvgIpc) is 2.87. The number of nitrogens with one attached hydrogen (secondary N) is 1. The lowest BCUT2D eigenvalue weighted by atomic mass is 10.0. The van der Waals surface area contributed by atoms with Gasteiger partial charge in [0.15, 0.2) is 0 Å². The third-order valence-corrected chi connectivity index (χ3v) is 3.56. The van der Waals surface area contributed by atoms with Crippen molar-refractivity contribution in [2.75, 3.05) is 13.7 Å². The predicted molar refractivity (Wildman–Crippen MR) is 80.9 cm³/mol.